The Bertz CT molecular complexity index is 109. The number of ether oxygens (including phenoxy) is 2. The van der Waals surface area contributed by atoms with Gasteiger partial charge in [0.25, 0.3) is 0 Å². The van der Waals surface area contributed by atoms with E-state index in [1.165, 1.54) is 32.1 Å². The summed E-state index contributed by atoms with van der Waals surface area (Å²) in [5.74, 6) is 0. The molecule has 1 fully saturated rings. The van der Waals surface area contributed by atoms with E-state index < -0.39 is 0 Å². The van der Waals surface area contributed by atoms with E-state index in [0.717, 1.165) is 26.1 Å². The van der Waals surface area contributed by atoms with Gasteiger partial charge in [0.1, 0.15) is 0 Å². The molecule has 0 saturated heterocycles. The van der Waals surface area contributed by atoms with Crippen molar-refractivity contribution in [1.29, 1.82) is 0 Å². The molecule has 0 aromatic rings. The molecule has 0 heterocycles. The molecule has 1 aliphatic carbocycles. The van der Waals surface area contributed by atoms with Gasteiger partial charge in [0, 0.05) is 20.3 Å². The van der Waals surface area contributed by atoms with Crippen LogP contribution >= 0.6 is 0 Å². The van der Waals surface area contributed by atoms with E-state index in [0.29, 0.717) is 6.10 Å². The van der Waals surface area contributed by atoms with E-state index in [9.17, 15) is 0 Å². The molecular weight excluding hydrogens is 164 g/mol. The van der Waals surface area contributed by atoms with Gasteiger partial charge in [-0.15, -0.1) is 0 Å². The fraction of sp³-hybridized carbons (Fsp3) is 1.00. The van der Waals surface area contributed by atoms with Gasteiger partial charge in [-0.05, 0) is 25.7 Å². The Morgan fingerprint density at radius 3 is 2.38 bits per heavy atom. The molecule has 1 saturated carbocycles. The second kappa shape index (κ2) is 7.34. The van der Waals surface area contributed by atoms with Gasteiger partial charge in [0.15, 0.2) is 0 Å². The van der Waals surface area contributed by atoms with Gasteiger partial charge in [0.2, 0.25) is 0 Å². The van der Waals surface area contributed by atoms with Gasteiger partial charge in [-0.3, -0.25) is 0 Å². The minimum absolute atomic E-state index is 0.566. The second-order valence-corrected chi connectivity index (χ2v) is 3.83. The molecule has 1 aliphatic rings. The van der Waals surface area contributed by atoms with E-state index in [-0.39, 0.29) is 0 Å². The number of rotatable bonds is 6. The molecule has 0 aliphatic heterocycles. The molecule has 0 amide bonds. The summed E-state index contributed by atoms with van der Waals surface area (Å²) in [6.07, 6.45) is 9.54. The van der Waals surface area contributed by atoms with Crippen molar-refractivity contribution < 1.29 is 9.47 Å². The van der Waals surface area contributed by atoms with Crippen LogP contribution in [0.5, 0.6) is 0 Å². The minimum atomic E-state index is 0.566. The van der Waals surface area contributed by atoms with Crippen LogP contribution in [0.4, 0.5) is 0 Å². The maximum atomic E-state index is 5.77. The van der Waals surface area contributed by atoms with E-state index in [1.807, 2.05) is 0 Å². The van der Waals surface area contributed by atoms with Gasteiger partial charge < -0.3 is 9.47 Å². The quantitative estimate of drug-likeness (QED) is 0.594. The lowest BCUT2D eigenvalue weighted by molar-refractivity contribution is 0.0240. The number of unbranched alkanes of at least 4 members (excludes halogenated alkanes) is 1. The van der Waals surface area contributed by atoms with Crippen molar-refractivity contribution in [3.05, 3.63) is 0 Å². The SMILES string of the molecule is COCCCCOC1CCCCC1. The first-order valence-corrected chi connectivity index (χ1v) is 5.54. The minimum Gasteiger partial charge on any atom is -0.385 e. The lowest BCUT2D eigenvalue weighted by atomic mass is 9.98. The first kappa shape index (κ1) is 11.0. The molecular formula is C11H22O2. The summed E-state index contributed by atoms with van der Waals surface area (Å²) < 4.78 is 10.8. The molecule has 2 nitrogen and oxygen atoms in total. The summed E-state index contributed by atoms with van der Waals surface area (Å²) in [5.41, 5.74) is 0. The summed E-state index contributed by atoms with van der Waals surface area (Å²) in [6.45, 7) is 1.79. The van der Waals surface area contributed by atoms with E-state index >= 15 is 0 Å². The van der Waals surface area contributed by atoms with E-state index in [4.69, 9.17) is 9.47 Å². The van der Waals surface area contributed by atoms with Gasteiger partial charge >= 0.3 is 0 Å². The van der Waals surface area contributed by atoms with Crippen LogP contribution in [0.15, 0.2) is 0 Å². The van der Waals surface area contributed by atoms with Crippen LogP contribution in [0, 0.1) is 0 Å². The van der Waals surface area contributed by atoms with Crippen LogP contribution < -0.4 is 0 Å². The van der Waals surface area contributed by atoms with Crippen molar-refractivity contribution in [3.8, 4) is 0 Å². The molecule has 1 rings (SSSR count). The Balaban J connectivity index is 1.86. The predicted octanol–water partition coefficient (Wildman–Crippen LogP) is 2.76. The Hall–Kier alpha value is -0.0800. The van der Waals surface area contributed by atoms with Crippen molar-refractivity contribution in [3.63, 3.8) is 0 Å². The monoisotopic (exact) mass is 186 g/mol. The third kappa shape index (κ3) is 5.27. The standard InChI is InChI=1S/C11H22O2/c1-12-9-5-6-10-13-11-7-3-2-4-8-11/h11H,2-10H2,1H3. The largest absolute Gasteiger partial charge is 0.385 e. The van der Waals surface area contributed by atoms with Gasteiger partial charge in [0.05, 0.1) is 6.10 Å². The zero-order valence-electron chi connectivity index (χ0n) is 8.76. The van der Waals surface area contributed by atoms with Crippen LogP contribution in [0.2, 0.25) is 0 Å². The number of methoxy groups -OCH3 is 1. The molecule has 78 valence electrons. The first-order valence-electron chi connectivity index (χ1n) is 5.54. The van der Waals surface area contributed by atoms with Crippen molar-refractivity contribution in [1.82, 2.24) is 0 Å². The third-order valence-electron chi connectivity index (χ3n) is 2.65. The Morgan fingerprint density at radius 2 is 1.69 bits per heavy atom. The normalized spacial score (nSPS) is 19.2. The molecule has 0 spiro atoms. The molecule has 0 unspecified atom stereocenters. The van der Waals surface area contributed by atoms with E-state index in [1.54, 1.807) is 7.11 Å². The lowest BCUT2D eigenvalue weighted by Crippen LogP contribution is -2.17. The molecule has 0 N–H and O–H groups in total. The zero-order chi connectivity index (χ0) is 9.36. The maximum Gasteiger partial charge on any atom is 0.0575 e. The smallest absolute Gasteiger partial charge is 0.0575 e. The molecule has 0 radical (unpaired) electrons. The predicted molar refractivity (Wildman–Crippen MR) is 53.9 cm³/mol. The van der Waals surface area contributed by atoms with Gasteiger partial charge in [-0.1, -0.05) is 19.3 Å². The summed E-state index contributed by atoms with van der Waals surface area (Å²) in [6, 6.07) is 0. The van der Waals surface area contributed by atoms with Crippen molar-refractivity contribution >= 4 is 0 Å². The fourth-order valence-corrected chi connectivity index (χ4v) is 1.83. The van der Waals surface area contributed by atoms with Crippen LogP contribution in [0.25, 0.3) is 0 Å². The first-order chi connectivity index (χ1) is 6.43. The van der Waals surface area contributed by atoms with E-state index in [2.05, 4.69) is 0 Å². The molecule has 0 bridgehead atoms. The number of hydrogen-bond donors (Lipinski definition) is 0. The highest BCUT2D eigenvalue weighted by Crippen LogP contribution is 2.20. The Labute approximate surface area is 81.6 Å². The van der Waals surface area contributed by atoms with Gasteiger partial charge in [-0.25, -0.2) is 0 Å². The lowest BCUT2D eigenvalue weighted by Gasteiger charge is -2.21. The number of hydrogen-bond acceptors (Lipinski definition) is 2. The highest BCUT2D eigenvalue weighted by atomic mass is 16.5. The van der Waals surface area contributed by atoms with Gasteiger partial charge in [-0.2, -0.15) is 0 Å². The van der Waals surface area contributed by atoms with Crippen LogP contribution in [0.3, 0.4) is 0 Å². The summed E-state index contributed by atoms with van der Waals surface area (Å²) in [5, 5.41) is 0. The molecule has 0 aromatic heterocycles. The maximum absolute atomic E-state index is 5.77. The molecule has 0 aromatic carbocycles. The summed E-state index contributed by atoms with van der Waals surface area (Å²) >= 11 is 0. The third-order valence-corrected chi connectivity index (χ3v) is 2.65. The second-order valence-electron chi connectivity index (χ2n) is 3.83. The average Bonchev–Trinajstić information content (AvgIpc) is 2.19. The van der Waals surface area contributed by atoms with Crippen LogP contribution in [0.1, 0.15) is 44.9 Å². The molecule has 0 atom stereocenters. The topological polar surface area (TPSA) is 18.5 Å². The Morgan fingerprint density at radius 1 is 1.00 bits per heavy atom. The molecule has 2 heteroatoms. The fourth-order valence-electron chi connectivity index (χ4n) is 1.83. The van der Waals surface area contributed by atoms with Crippen molar-refractivity contribution in [2.75, 3.05) is 20.3 Å². The average molecular weight is 186 g/mol. The van der Waals surface area contributed by atoms with Crippen LogP contribution in [-0.2, 0) is 9.47 Å². The highest BCUT2D eigenvalue weighted by Gasteiger charge is 2.12. The zero-order valence-corrected chi connectivity index (χ0v) is 8.76. The highest BCUT2D eigenvalue weighted by molar-refractivity contribution is 4.64. The molecule has 13 heavy (non-hydrogen) atoms. The van der Waals surface area contributed by atoms with Crippen molar-refractivity contribution in [2.24, 2.45) is 0 Å². The summed E-state index contributed by atoms with van der Waals surface area (Å²) in [7, 11) is 1.75. The van der Waals surface area contributed by atoms with Crippen LogP contribution in [-0.4, -0.2) is 26.4 Å². The Kier molecular flexibility index (Phi) is 6.21. The van der Waals surface area contributed by atoms with Crippen molar-refractivity contribution in [2.45, 2.75) is 51.0 Å². The summed E-state index contributed by atoms with van der Waals surface area (Å²) in [4.78, 5) is 0.